The summed E-state index contributed by atoms with van der Waals surface area (Å²) >= 11 is 0. The van der Waals surface area contributed by atoms with Crippen molar-refractivity contribution < 1.29 is 9.53 Å². The number of imidazole rings is 1. The fraction of sp³-hybridized carbons (Fsp3) is 0.241. The maximum atomic E-state index is 12.7. The molecule has 2 aromatic carbocycles. The number of hydrogen-bond donors (Lipinski definition) is 1. The van der Waals surface area contributed by atoms with Crippen molar-refractivity contribution in [1.29, 1.82) is 0 Å². The minimum Gasteiger partial charge on any atom is -0.460 e. The molecule has 0 amide bonds. The van der Waals surface area contributed by atoms with Gasteiger partial charge in [0.25, 0.3) is 0 Å². The second kappa shape index (κ2) is 9.77. The van der Waals surface area contributed by atoms with Gasteiger partial charge >= 0.3 is 5.97 Å². The van der Waals surface area contributed by atoms with E-state index >= 15 is 0 Å². The van der Waals surface area contributed by atoms with Crippen LogP contribution in [0.2, 0.25) is 0 Å². The van der Waals surface area contributed by atoms with Crippen molar-refractivity contribution in [2.75, 3.05) is 11.9 Å². The lowest BCUT2D eigenvalue weighted by Crippen LogP contribution is -2.26. The van der Waals surface area contributed by atoms with Crippen LogP contribution in [0.25, 0.3) is 27.9 Å². The Morgan fingerprint density at radius 1 is 1.00 bits per heavy atom. The van der Waals surface area contributed by atoms with Crippen LogP contribution >= 0.6 is 0 Å². The third-order valence-electron chi connectivity index (χ3n) is 5.87. The van der Waals surface area contributed by atoms with Gasteiger partial charge in [0.1, 0.15) is 17.1 Å². The molecule has 36 heavy (non-hydrogen) atoms. The van der Waals surface area contributed by atoms with Crippen molar-refractivity contribution in [1.82, 2.24) is 19.4 Å². The van der Waals surface area contributed by atoms with Crippen molar-refractivity contribution in [3.05, 3.63) is 90.9 Å². The first kappa shape index (κ1) is 23.5. The van der Waals surface area contributed by atoms with Crippen LogP contribution in [0.1, 0.15) is 38.7 Å². The molecule has 0 radical (unpaired) electrons. The molecule has 0 aliphatic carbocycles. The summed E-state index contributed by atoms with van der Waals surface area (Å²) in [6.45, 7) is 6.17. The van der Waals surface area contributed by atoms with Crippen LogP contribution in [0.5, 0.6) is 0 Å². The number of benzene rings is 2. The van der Waals surface area contributed by atoms with E-state index in [2.05, 4.69) is 10.3 Å². The summed E-state index contributed by atoms with van der Waals surface area (Å²) in [5.41, 5.74) is 3.15. The highest BCUT2D eigenvalue weighted by Gasteiger charge is 2.22. The van der Waals surface area contributed by atoms with Crippen molar-refractivity contribution >= 4 is 28.3 Å². The molecule has 5 rings (SSSR count). The molecule has 3 heterocycles. The maximum Gasteiger partial charge on any atom is 0.306 e. The first-order chi connectivity index (χ1) is 17.4. The number of esters is 1. The number of fused-ring (bicyclic) bond motifs is 2. The van der Waals surface area contributed by atoms with Crippen LogP contribution in [0.15, 0.2) is 85.3 Å². The lowest BCUT2D eigenvalue weighted by molar-refractivity contribution is -0.155. The van der Waals surface area contributed by atoms with Gasteiger partial charge in [0.15, 0.2) is 5.82 Å². The van der Waals surface area contributed by atoms with Gasteiger partial charge in [-0.05, 0) is 50.6 Å². The van der Waals surface area contributed by atoms with E-state index in [4.69, 9.17) is 14.7 Å². The van der Waals surface area contributed by atoms with Gasteiger partial charge in [-0.25, -0.2) is 15.0 Å². The monoisotopic (exact) mass is 479 g/mol. The summed E-state index contributed by atoms with van der Waals surface area (Å²) in [6.07, 6.45) is 5.91. The Bertz CT molecular complexity index is 1500. The molecule has 3 aromatic heterocycles. The van der Waals surface area contributed by atoms with Crippen LogP contribution in [-0.4, -0.2) is 37.5 Å². The molecular weight excluding hydrogens is 450 g/mol. The van der Waals surface area contributed by atoms with E-state index in [1.54, 1.807) is 6.20 Å². The van der Waals surface area contributed by atoms with Gasteiger partial charge in [0, 0.05) is 42.0 Å². The molecule has 7 nitrogen and oxygen atoms in total. The predicted octanol–water partition coefficient (Wildman–Crippen LogP) is 5.87. The zero-order valence-corrected chi connectivity index (χ0v) is 20.7. The molecule has 0 aliphatic rings. The van der Waals surface area contributed by atoms with Crippen molar-refractivity contribution in [3.8, 4) is 11.4 Å². The Kier molecular flexibility index (Phi) is 6.38. The normalized spacial score (nSPS) is 12.5. The molecule has 5 aromatic rings. The number of carbonyl (C=O) groups excluding carboxylic acids is 1. The van der Waals surface area contributed by atoms with E-state index < -0.39 is 5.60 Å². The van der Waals surface area contributed by atoms with Gasteiger partial charge in [-0.15, -0.1) is 0 Å². The molecule has 0 spiro atoms. The highest BCUT2D eigenvalue weighted by atomic mass is 16.6. The zero-order chi connectivity index (χ0) is 25.1. The molecule has 0 saturated heterocycles. The molecule has 0 bridgehead atoms. The predicted molar refractivity (Wildman–Crippen MR) is 142 cm³/mol. The Morgan fingerprint density at radius 3 is 2.58 bits per heavy atom. The highest BCUT2D eigenvalue weighted by Crippen LogP contribution is 2.27. The average Bonchev–Trinajstić information content (AvgIpc) is 3.33. The number of ether oxygens (including phenoxy) is 1. The molecule has 1 atom stereocenters. The molecule has 1 N–H and O–H groups in total. The summed E-state index contributed by atoms with van der Waals surface area (Å²) in [7, 11) is 0. The third-order valence-corrected chi connectivity index (χ3v) is 5.87. The number of pyridine rings is 1. The van der Waals surface area contributed by atoms with Crippen molar-refractivity contribution in [3.63, 3.8) is 0 Å². The third kappa shape index (κ3) is 5.35. The van der Waals surface area contributed by atoms with Gasteiger partial charge in [0.2, 0.25) is 0 Å². The fourth-order valence-corrected chi connectivity index (χ4v) is 4.23. The topological polar surface area (TPSA) is 81.4 Å². The molecule has 0 unspecified atom stereocenters. The first-order valence-corrected chi connectivity index (χ1v) is 12.1. The first-order valence-electron chi connectivity index (χ1n) is 12.1. The van der Waals surface area contributed by atoms with E-state index in [0.717, 1.165) is 33.5 Å². The van der Waals surface area contributed by atoms with Gasteiger partial charge in [-0.1, -0.05) is 42.5 Å². The summed E-state index contributed by atoms with van der Waals surface area (Å²) in [4.78, 5) is 26.7. The quantitative estimate of drug-likeness (QED) is 0.294. The number of carbonyl (C=O) groups is 1. The minimum atomic E-state index is -0.528. The van der Waals surface area contributed by atoms with Crippen molar-refractivity contribution in [2.45, 2.75) is 38.7 Å². The van der Waals surface area contributed by atoms with Crippen LogP contribution in [0.3, 0.4) is 0 Å². The lowest BCUT2D eigenvalue weighted by Gasteiger charge is -2.23. The Labute approximate surface area is 210 Å². The minimum absolute atomic E-state index is 0.0828. The highest BCUT2D eigenvalue weighted by molar-refractivity contribution is 5.90. The van der Waals surface area contributed by atoms with Crippen LogP contribution in [0, 0.1) is 0 Å². The van der Waals surface area contributed by atoms with Gasteiger partial charge < -0.3 is 14.5 Å². The van der Waals surface area contributed by atoms with E-state index in [1.165, 1.54) is 0 Å². The Hall–Kier alpha value is -4.26. The molecule has 7 heteroatoms. The Morgan fingerprint density at radius 2 is 1.78 bits per heavy atom. The second-order valence-corrected chi connectivity index (χ2v) is 9.80. The summed E-state index contributed by atoms with van der Waals surface area (Å²) in [6, 6.07) is 21.9. The molecule has 0 aliphatic heterocycles. The standard InChI is InChI=1S/C29H29N5O2/c1-29(2,3)36-26(35)17-22(20-9-5-4-6-10-20)18-31-28-23-11-7-8-12-24(23)32-27(33-28)21-13-14-25-30-15-16-34(25)19-21/h4-16,19,22H,17-18H2,1-3H3,(H,31,32,33)/t22-/m1/s1. The average molecular weight is 480 g/mol. The number of nitrogens with zero attached hydrogens (tertiary/aromatic N) is 4. The Balaban J connectivity index is 1.46. The van der Waals surface area contributed by atoms with E-state index in [1.807, 2.05) is 104 Å². The number of aromatic nitrogens is 4. The van der Waals surface area contributed by atoms with Gasteiger partial charge in [-0.2, -0.15) is 0 Å². The van der Waals surface area contributed by atoms with Gasteiger partial charge in [-0.3, -0.25) is 4.79 Å². The number of para-hydroxylation sites is 1. The molecule has 0 fully saturated rings. The fourth-order valence-electron chi connectivity index (χ4n) is 4.23. The van der Waals surface area contributed by atoms with Crippen LogP contribution in [0.4, 0.5) is 5.82 Å². The van der Waals surface area contributed by atoms with Crippen molar-refractivity contribution in [2.24, 2.45) is 0 Å². The van der Waals surface area contributed by atoms with E-state index in [9.17, 15) is 4.79 Å². The maximum absolute atomic E-state index is 12.7. The lowest BCUT2D eigenvalue weighted by atomic mass is 9.95. The number of rotatable bonds is 7. The molecular formula is C29H29N5O2. The zero-order valence-electron chi connectivity index (χ0n) is 20.7. The van der Waals surface area contributed by atoms with E-state index in [-0.39, 0.29) is 18.3 Å². The largest absolute Gasteiger partial charge is 0.460 e. The smallest absolute Gasteiger partial charge is 0.306 e. The molecule has 0 saturated carbocycles. The second-order valence-electron chi connectivity index (χ2n) is 9.80. The summed E-state index contributed by atoms with van der Waals surface area (Å²) in [5, 5.41) is 4.44. The van der Waals surface area contributed by atoms with Crippen LogP contribution in [-0.2, 0) is 9.53 Å². The number of hydrogen-bond acceptors (Lipinski definition) is 6. The van der Waals surface area contributed by atoms with Crippen LogP contribution < -0.4 is 5.32 Å². The molecule has 182 valence electrons. The number of anilines is 1. The number of nitrogens with one attached hydrogen (secondary N) is 1. The SMILES string of the molecule is CC(C)(C)OC(=O)C[C@H](CNc1nc(-c2ccc3nccn3c2)nc2ccccc12)c1ccccc1. The van der Waals surface area contributed by atoms with Gasteiger partial charge in [0.05, 0.1) is 11.9 Å². The summed E-state index contributed by atoms with van der Waals surface area (Å²) in [5.74, 6) is 1.04. The summed E-state index contributed by atoms with van der Waals surface area (Å²) < 4.78 is 7.57. The van der Waals surface area contributed by atoms with E-state index in [0.29, 0.717) is 12.4 Å².